The quantitative estimate of drug-likeness (QED) is 0.926. The van der Waals surface area contributed by atoms with Crippen molar-refractivity contribution < 1.29 is 4.39 Å². The molecule has 0 spiro atoms. The Balaban J connectivity index is 2.26. The lowest BCUT2D eigenvalue weighted by atomic mass is 9.97. The number of aromatic nitrogens is 1. The summed E-state index contributed by atoms with van der Waals surface area (Å²) in [5.74, 6) is -0.220. The highest BCUT2D eigenvalue weighted by molar-refractivity contribution is 9.10. The summed E-state index contributed by atoms with van der Waals surface area (Å²) in [6.45, 7) is 2.06. The molecule has 0 bridgehead atoms. The number of benzene rings is 1. The summed E-state index contributed by atoms with van der Waals surface area (Å²) in [4.78, 5) is 4.17. The van der Waals surface area contributed by atoms with Crippen LogP contribution in [0.1, 0.15) is 22.7 Å². The third-order valence-electron chi connectivity index (χ3n) is 3.17. The summed E-state index contributed by atoms with van der Waals surface area (Å²) < 4.78 is 14.2. The maximum atomic E-state index is 13.4. The first kappa shape index (κ1) is 14.2. The fraction of sp³-hybridized carbons (Fsp3) is 0.267. The van der Waals surface area contributed by atoms with Gasteiger partial charge in [0.25, 0.3) is 0 Å². The van der Waals surface area contributed by atoms with E-state index in [4.69, 9.17) is 0 Å². The van der Waals surface area contributed by atoms with Gasteiger partial charge < -0.3 is 5.32 Å². The number of halogens is 2. The van der Waals surface area contributed by atoms with Crippen LogP contribution in [0, 0.1) is 12.7 Å². The van der Waals surface area contributed by atoms with Crippen molar-refractivity contribution in [2.45, 2.75) is 19.4 Å². The van der Waals surface area contributed by atoms with Crippen molar-refractivity contribution in [3.63, 3.8) is 0 Å². The van der Waals surface area contributed by atoms with Crippen LogP contribution in [0.25, 0.3) is 0 Å². The molecule has 0 fully saturated rings. The van der Waals surface area contributed by atoms with Crippen molar-refractivity contribution in [2.75, 3.05) is 7.05 Å². The third-order valence-corrected chi connectivity index (χ3v) is 3.62. The molecule has 0 saturated carbocycles. The van der Waals surface area contributed by atoms with E-state index in [2.05, 4.69) is 33.2 Å². The molecule has 0 aliphatic carbocycles. The Bertz CT molecular complexity index is 552. The van der Waals surface area contributed by atoms with Crippen LogP contribution >= 0.6 is 15.9 Å². The summed E-state index contributed by atoms with van der Waals surface area (Å²) in [5, 5.41) is 3.27. The number of rotatable bonds is 4. The predicted octanol–water partition coefficient (Wildman–Crippen LogP) is 3.79. The highest BCUT2D eigenvalue weighted by Gasteiger charge is 2.13. The molecule has 4 heteroatoms. The van der Waals surface area contributed by atoms with Crippen molar-refractivity contribution in [3.8, 4) is 0 Å². The molecule has 0 aliphatic rings. The first-order valence-electron chi connectivity index (χ1n) is 6.13. The van der Waals surface area contributed by atoms with E-state index in [9.17, 15) is 4.39 Å². The van der Waals surface area contributed by atoms with E-state index < -0.39 is 0 Å². The Kier molecular flexibility index (Phi) is 4.66. The number of nitrogens with one attached hydrogen (secondary N) is 1. The number of nitrogens with zero attached hydrogens (tertiary/aromatic N) is 1. The molecule has 0 saturated heterocycles. The standard InChI is InChI=1S/C15H16BrFN2/c1-10-3-4-19-9-14(10)15(18-2)7-11-5-12(16)8-13(17)6-11/h3-6,8-9,15,18H,7H2,1-2H3. The van der Waals surface area contributed by atoms with Crippen LogP contribution in [0.5, 0.6) is 0 Å². The molecule has 1 heterocycles. The minimum atomic E-state index is -0.220. The molecule has 0 aliphatic heterocycles. The van der Waals surface area contributed by atoms with Gasteiger partial charge >= 0.3 is 0 Å². The first-order chi connectivity index (χ1) is 9.10. The second kappa shape index (κ2) is 6.26. The van der Waals surface area contributed by atoms with Gasteiger partial charge in [-0.05, 0) is 61.3 Å². The highest BCUT2D eigenvalue weighted by atomic mass is 79.9. The Morgan fingerprint density at radius 3 is 2.79 bits per heavy atom. The van der Waals surface area contributed by atoms with Crippen LogP contribution in [0.3, 0.4) is 0 Å². The Labute approximate surface area is 121 Å². The van der Waals surface area contributed by atoms with E-state index in [1.807, 2.05) is 25.4 Å². The van der Waals surface area contributed by atoms with Gasteiger partial charge in [-0.2, -0.15) is 0 Å². The zero-order valence-corrected chi connectivity index (χ0v) is 12.5. The summed E-state index contributed by atoms with van der Waals surface area (Å²) in [5.41, 5.74) is 3.28. The van der Waals surface area contributed by atoms with Gasteiger partial charge in [0.1, 0.15) is 5.82 Å². The molecule has 19 heavy (non-hydrogen) atoms. The largest absolute Gasteiger partial charge is 0.313 e. The van der Waals surface area contributed by atoms with Crippen LogP contribution < -0.4 is 5.32 Å². The minimum absolute atomic E-state index is 0.127. The number of likely N-dealkylation sites (N-methyl/N-ethyl adjacent to an activating group) is 1. The third kappa shape index (κ3) is 3.61. The zero-order chi connectivity index (χ0) is 13.8. The topological polar surface area (TPSA) is 24.9 Å². The summed E-state index contributed by atoms with van der Waals surface area (Å²) >= 11 is 3.32. The Morgan fingerprint density at radius 1 is 1.37 bits per heavy atom. The lowest BCUT2D eigenvalue weighted by Gasteiger charge is -2.18. The molecule has 1 N–H and O–H groups in total. The molecule has 100 valence electrons. The maximum Gasteiger partial charge on any atom is 0.124 e. The second-order valence-corrected chi connectivity index (χ2v) is 5.47. The summed E-state index contributed by atoms with van der Waals surface area (Å²) in [6, 6.07) is 7.09. The average molecular weight is 323 g/mol. The molecule has 0 radical (unpaired) electrons. The van der Waals surface area contributed by atoms with Gasteiger partial charge in [-0.15, -0.1) is 0 Å². The number of aryl methyl sites for hydroxylation is 1. The Hall–Kier alpha value is -1.26. The maximum absolute atomic E-state index is 13.4. The molecule has 2 rings (SSSR count). The smallest absolute Gasteiger partial charge is 0.124 e. The lowest BCUT2D eigenvalue weighted by Crippen LogP contribution is -2.20. The summed E-state index contributed by atoms with van der Waals surface area (Å²) in [7, 11) is 1.91. The van der Waals surface area contributed by atoms with Crippen molar-refractivity contribution in [2.24, 2.45) is 0 Å². The van der Waals surface area contributed by atoms with Crippen LogP contribution in [-0.2, 0) is 6.42 Å². The van der Waals surface area contributed by atoms with Gasteiger partial charge in [0.15, 0.2) is 0 Å². The lowest BCUT2D eigenvalue weighted by molar-refractivity contribution is 0.579. The SMILES string of the molecule is CNC(Cc1cc(F)cc(Br)c1)c1cnccc1C. The van der Waals surface area contributed by atoms with Crippen LogP contribution in [0.4, 0.5) is 4.39 Å². The molecular weight excluding hydrogens is 307 g/mol. The van der Waals surface area contributed by atoms with Gasteiger partial charge in [0, 0.05) is 22.9 Å². The number of hydrogen-bond acceptors (Lipinski definition) is 2. The molecule has 2 nitrogen and oxygen atoms in total. The van der Waals surface area contributed by atoms with Crippen molar-refractivity contribution in [1.82, 2.24) is 10.3 Å². The number of hydrogen-bond donors (Lipinski definition) is 1. The van der Waals surface area contributed by atoms with E-state index in [1.165, 1.54) is 11.6 Å². The van der Waals surface area contributed by atoms with Gasteiger partial charge in [-0.3, -0.25) is 4.98 Å². The van der Waals surface area contributed by atoms with Gasteiger partial charge in [0.05, 0.1) is 0 Å². The van der Waals surface area contributed by atoms with Crippen molar-refractivity contribution in [3.05, 3.63) is 63.6 Å². The van der Waals surface area contributed by atoms with Crippen LogP contribution in [0.15, 0.2) is 41.1 Å². The highest BCUT2D eigenvalue weighted by Crippen LogP contribution is 2.23. The average Bonchev–Trinajstić information content (AvgIpc) is 2.36. The van der Waals surface area contributed by atoms with Crippen molar-refractivity contribution in [1.29, 1.82) is 0 Å². The molecule has 1 aromatic heterocycles. The molecule has 1 unspecified atom stereocenters. The molecule has 1 aromatic carbocycles. The van der Waals surface area contributed by atoms with Gasteiger partial charge in [0.2, 0.25) is 0 Å². The Morgan fingerprint density at radius 2 is 2.16 bits per heavy atom. The fourth-order valence-corrected chi connectivity index (χ4v) is 2.69. The second-order valence-electron chi connectivity index (χ2n) is 4.56. The predicted molar refractivity (Wildman–Crippen MR) is 78.6 cm³/mol. The normalized spacial score (nSPS) is 12.4. The molecular formula is C15H16BrFN2. The van der Waals surface area contributed by atoms with Gasteiger partial charge in [-0.25, -0.2) is 4.39 Å². The molecule has 2 aromatic rings. The van der Waals surface area contributed by atoms with E-state index in [0.717, 1.165) is 22.0 Å². The van der Waals surface area contributed by atoms with Crippen molar-refractivity contribution >= 4 is 15.9 Å². The van der Waals surface area contributed by atoms with Crippen LogP contribution in [-0.4, -0.2) is 12.0 Å². The number of pyridine rings is 1. The zero-order valence-electron chi connectivity index (χ0n) is 11.0. The first-order valence-corrected chi connectivity index (χ1v) is 6.92. The monoisotopic (exact) mass is 322 g/mol. The van der Waals surface area contributed by atoms with E-state index in [1.54, 1.807) is 12.3 Å². The summed E-state index contributed by atoms with van der Waals surface area (Å²) in [6.07, 6.45) is 4.37. The minimum Gasteiger partial charge on any atom is -0.313 e. The fourth-order valence-electron chi connectivity index (χ4n) is 2.17. The van der Waals surface area contributed by atoms with Gasteiger partial charge in [-0.1, -0.05) is 15.9 Å². The molecule has 1 atom stereocenters. The molecule has 0 amide bonds. The van der Waals surface area contributed by atoms with E-state index >= 15 is 0 Å². The van der Waals surface area contributed by atoms with E-state index in [-0.39, 0.29) is 11.9 Å². The van der Waals surface area contributed by atoms with Crippen LogP contribution in [0.2, 0.25) is 0 Å². The van der Waals surface area contributed by atoms with E-state index in [0.29, 0.717) is 0 Å².